The number of carboxylic acid groups (broad SMARTS) is 1. The van der Waals surface area contributed by atoms with Crippen molar-refractivity contribution in [2.24, 2.45) is 0 Å². The first-order valence-electron chi connectivity index (χ1n) is 6.17. The summed E-state index contributed by atoms with van der Waals surface area (Å²) in [6, 6.07) is 3.43. The molecule has 0 spiro atoms. The molecule has 0 unspecified atom stereocenters. The van der Waals surface area contributed by atoms with Gasteiger partial charge in [0.25, 0.3) is 0 Å². The summed E-state index contributed by atoms with van der Waals surface area (Å²) in [7, 11) is 0. The fourth-order valence-corrected chi connectivity index (χ4v) is 1.73. The zero-order valence-corrected chi connectivity index (χ0v) is 11.2. The number of carboxylic acids is 1. The first-order valence-corrected chi connectivity index (χ1v) is 6.17. The average Bonchev–Trinajstić information content (AvgIpc) is 2.92. The maximum atomic E-state index is 10.9. The van der Waals surface area contributed by atoms with Gasteiger partial charge in [0.15, 0.2) is 5.75 Å². The first kappa shape index (κ1) is 14.5. The Bertz CT molecular complexity index is 680. The van der Waals surface area contributed by atoms with Crippen molar-refractivity contribution >= 4 is 11.7 Å². The number of rotatable bonds is 6. The van der Waals surface area contributed by atoms with Crippen LogP contribution in [0.3, 0.4) is 0 Å². The molecule has 2 aromatic rings. The molecule has 0 bridgehead atoms. The molecule has 1 aromatic heterocycles. The van der Waals surface area contributed by atoms with Gasteiger partial charge in [-0.3, -0.25) is 14.8 Å². The second kappa shape index (κ2) is 6.04. The van der Waals surface area contributed by atoms with Crippen molar-refractivity contribution in [3.8, 4) is 5.75 Å². The zero-order valence-electron chi connectivity index (χ0n) is 11.2. The topological polar surface area (TPSA) is 107 Å². The predicted octanol–water partition coefficient (Wildman–Crippen LogP) is 2.09. The predicted molar refractivity (Wildman–Crippen MR) is 72.3 cm³/mol. The highest BCUT2D eigenvalue weighted by atomic mass is 16.6. The van der Waals surface area contributed by atoms with Gasteiger partial charge >= 0.3 is 11.7 Å². The van der Waals surface area contributed by atoms with Crippen molar-refractivity contribution in [2.45, 2.75) is 20.1 Å². The third kappa shape index (κ3) is 3.35. The van der Waals surface area contributed by atoms with E-state index >= 15 is 0 Å². The highest BCUT2D eigenvalue weighted by Crippen LogP contribution is 2.28. The molecule has 8 heteroatoms. The number of carbonyl (C=O) groups is 1. The number of hydrogen-bond donors (Lipinski definition) is 1. The largest absolute Gasteiger partial charge is 0.482 e. The molecule has 2 rings (SSSR count). The lowest BCUT2D eigenvalue weighted by Gasteiger charge is -2.06. The molecule has 0 aliphatic rings. The van der Waals surface area contributed by atoms with Crippen molar-refractivity contribution in [1.82, 2.24) is 9.78 Å². The van der Waals surface area contributed by atoms with Crippen molar-refractivity contribution in [1.29, 1.82) is 0 Å². The van der Waals surface area contributed by atoms with Gasteiger partial charge in [-0.2, -0.15) is 5.10 Å². The van der Waals surface area contributed by atoms with Crippen LogP contribution in [0.25, 0.3) is 0 Å². The molecule has 0 radical (unpaired) electrons. The van der Waals surface area contributed by atoms with Gasteiger partial charge in [-0.15, -0.1) is 0 Å². The minimum atomic E-state index is -1.17. The lowest BCUT2D eigenvalue weighted by Crippen LogP contribution is -2.02. The Morgan fingerprint density at radius 2 is 2.29 bits per heavy atom. The van der Waals surface area contributed by atoms with Gasteiger partial charge in [-0.1, -0.05) is 0 Å². The molecule has 0 fully saturated rings. The molecule has 1 N–H and O–H groups in total. The van der Waals surface area contributed by atoms with Crippen LogP contribution < -0.4 is 4.74 Å². The van der Waals surface area contributed by atoms with Crippen LogP contribution in [-0.4, -0.2) is 25.8 Å². The van der Waals surface area contributed by atoms with E-state index in [1.54, 1.807) is 17.1 Å². The smallest absolute Gasteiger partial charge is 0.335 e. The van der Waals surface area contributed by atoms with Crippen molar-refractivity contribution < 1.29 is 19.6 Å². The van der Waals surface area contributed by atoms with Gasteiger partial charge in [0, 0.05) is 30.4 Å². The molecular weight excluding hydrogens is 278 g/mol. The molecule has 21 heavy (non-hydrogen) atoms. The first-order chi connectivity index (χ1) is 10.0. The Morgan fingerprint density at radius 1 is 1.52 bits per heavy atom. The fourth-order valence-electron chi connectivity index (χ4n) is 1.73. The molecule has 110 valence electrons. The number of nitro benzene ring substituents is 1. The molecular formula is C13H13N3O5. The maximum absolute atomic E-state index is 10.9. The number of ether oxygens (including phenoxy) is 1. The average molecular weight is 291 g/mol. The SMILES string of the molecule is CCn1cc(COc2cc(C(=O)O)ccc2[N+](=O)[O-])cn1. The third-order valence-electron chi connectivity index (χ3n) is 2.81. The van der Waals surface area contributed by atoms with E-state index in [4.69, 9.17) is 9.84 Å². The summed E-state index contributed by atoms with van der Waals surface area (Å²) in [4.78, 5) is 21.2. The van der Waals surface area contributed by atoms with Gasteiger partial charge in [0.05, 0.1) is 16.7 Å². The molecule has 8 nitrogen and oxygen atoms in total. The van der Waals surface area contributed by atoms with E-state index in [0.29, 0.717) is 6.54 Å². The van der Waals surface area contributed by atoms with Crippen molar-refractivity contribution in [3.05, 3.63) is 51.8 Å². The van der Waals surface area contributed by atoms with Crippen molar-refractivity contribution in [2.75, 3.05) is 0 Å². The van der Waals surface area contributed by atoms with E-state index in [2.05, 4.69) is 5.10 Å². The second-order valence-electron chi connectivity index (χ2n) is 4.24. The van der Waals surface area contributed by atoms with Crippen LogP contribution in [0.2, 0.25) is 0 Å². The quantitative estimate of drug-likeness (QED) is 0.645. The lowest BCUT2D eigenvalue weighted by atomic mass is 10.2. The summed E-state index contributed by atoms with van der Waals surface area (Å²) in [6.07, 6.45) is 3.35. The number of hydrogen-bond acceptors (Lipinski definition) is 5. The highest BCUT2D eigenvalue weighted by Gasteiger charge is 2.18. The summed E-state index contributed by atoms with van der Waals surface area (Å²) in [5.41, 5.74) is 0.398. The van der Waals surface area contributed by atoms with E-state index < -0.39 is 10.9 Å². The van der Waals surface area contributed by atoms with E-state index in [-0.39, 0.29) is 23.6 Å². The van der Waals surface area contributed by atoms with Gasteiger partial charge < -0.3 is 9.84 Å². The summed E-state index contributed by atoms with van der Waals surface area (Å²) >= 11 is 0. The Hall–Kier alpha value is -2.90. The normalized spacial score (nSPS) is 10.3. The second-order valence-corrected chi connectivity index (χ2v) is 4.24. The summed E-state index contributed by atoms with van der Waals surface area (Å²) < 4.78 is 7.07. The minimum absolute atomic E-state index is 0.0696. The van der Waals surface area contributed by atoms with E-state index in [0.717, 1.165) is 17.7 Å². The Labute approximate surface area is 119 Å². The molecule has 1 heterocycles. The zero-order chi connectivity index (χ0) is 15.4. The van der Waals surface area contributed by atoms with Gasteiger partial charge in [-0.05, 0) is 13.0 Å². The number of nitrogens with zero attached hydrogens (tertiary/aromatic N) is 3. The summed E-state index contributed by atoms with van der Waals surface area (Å²) in [6.45, 7) is 2.71. The van der Waals surface area contributed by atoms with E-state index in [9.17, 15) is 14.9 Å². The summed E-state index contributed by atoms with van der Waals surface area (Å²) in [5.74, 6) is -1.25. The standard InChI is InChI=1S/C13H13N3O5/c1-2-15-7-9(6-14-15)8-21-12-5-10(13(17)18)3-4-11(12)16(19)20/h3-7H,2,8H2,1H3,(H,17,18). The van der Waals surface area contributed by atoms with Crippen molar-refractivity contribution in [3.63, 3.8) is 0 Å². The molecule has 0 aliphatic heterocycles. The minimum Gasteiger partial charge on any atom is -0.482 e. The number of nitro groups is 1. The molecule has 1 aromatic carbocycles. The lowest BCUT2D eigenvalue weighted by molar-refractivity contribution is -0.385. The molecule has 0 atom stereocenters. The Morgan fingerprint density at radius 3 is 2.86 bits per heavy atom. The molecule has 0 saturated carbocycles. The van der Waals surface area contributed by atoms with Gasteiger partial charge in [0.1, 0.15) is 6.61 Å². The van der Waals surface area contributed by atoms with E-state index in [1.165, 1.54) is 6.07 Å². The number of benzene rings is 1. The summed E-state index contributed by atoms with van der Waals surface area (Å²) in [5, 5.41) is 23.9. The van der Waals surface area contributed by atoms with Gasteiger partial charge in [-0.25, -0.2) is 4.79 Å². The third-order valence-corrected chi connectivity index (χ3v) is 2.81. The molecule has 0 aliphatic carbocycles. The number of aryl methyl sites for hydroxylation is 1. The highest BCUT2D eigenvalue weighted by molar-refractivity contribution is 5.88. The molecule has 0 saturated heterocycles. The van der Waals surface area contributed by atoms with Crippen LogP contribution in [0.4, 0.5) is 5.69 Å². The molecule has 0 amide bonds. The van der Waals surface area contributed by atoms with Crippen LogP contribution in [0.1, 0.15) is 22.8 Å². The van der Waals surface area contributed by atoms with Gasteiger partial charge in [0.2, 0.25) is 0 Å². The van der Waals surface area contributed by atoms with Crippen LogP contribution >= 0.6 is 0 Å². The van der Waals surface area contributed by atoms with Crippen LogP contribution in [0.5, 0.6) is 5.75 Å². The van der Waals surface area contributed by atoms with E-state index in [1.807, 2.05) is 6.92 Å². The fraction of sp³-hybridized carbons (Fsp3) is 0.231. The van der Waals surface area contributed by atoms with Crippen LogP contribution in [0.15, 0.2) is 30.6 Å². The Kier molecular flexibility index (Phi) is 4.17. The number of aromatic carboxylic acids is 1. The maximum Gasteiger partial charge on any atom is 0.335 e. The number of aromatic nitrogens is 2. The van der Waals surface area contributed by atoms with Crippen LogP contribution in [0, 0.1) is 10.1 Å². The van der Waals surface area contributed by atoms with Crippen LogP contribution in [-0.2, 0) is 13.2 Å². The Balaban J connectivity index is 2.22. The monoisotopic (exact) mass is 291 g/mol.